The van der Waals surface area contributed by atoms with Gasteiger partial charge in [-0.3, -0.25) is 4.57 Å². The molecule has 3 rings (SSSR count). The number of alkyl halides is 2. The zero-order valence-corrected chi connectivity index (χ0v) is 13.3. The second kappa shape index (κ2) is 6.82. The molecule has 2 fully saturated rings. The Bertz CT molecular complexity index is 554. The molecule has 2 aliphatic heterocycles. The van der Waals surface area contributed by atoms with E-state index in [4.69, 9.17) is 4.74 Å². The Morgan fingerprint density at radius 3 is 3.09 bits per heavy atom. The third kappa shape index (κ3) is 3.46. The van der Waals surface area contributed by atoms with E-state index in [1.165, 1.54) is 12.4 Å². The Labute approximate surface area is 134 Å². The van der Waals surface area contributed by atoms with Gasteiger partial charge in [0.15, 0.2) is 5.96 Å². The van der Waals surface area contributed by atoms with Gasteiger partial charge >= 0.3 is 6.55 Å². The average Bonchev–Trinajstić information content (AvgIpc) is 3.25. The molecule has 1 aromatic heterocycles. The van der Waals surface area contributed by atoms with Crippen molar-refractivity contribution >= 4 is 5.96 Å². The number of ether oxygens (including phenoxy) is 1. The van der Waals surface area contributed by atoms with Crippen LogP contribution in [0.2, 0.25) is 0 Å². The molecule has 8 heteroatoms. The number of aromatic nitrogens is 2. The summed E-state index contributed by atoms with van der Waals surface area (Å²) in [6.45, 7) is 3.74. The van der Waals surface area contributed by atoms with Crippen LogP contribution < -0.4 is 5.32 Å². The van der Waals surface area contributed by atoms with Crippen LogP contribution in [-0.4, -0.2) is 53.3 Å². The van der Waals surface area contributed by atoms with Crippen LogP contribution in [0.4, 0.5) is 8.78 Å². The van der Waals surface area contributed by atoms with Crippen LogP contribution in [0.3, 0.4) is 0 Å². The first kappa shape index (κ1) is 16.2. The molecule has 1 spiro atoms. The molecule has 6 nitrogen and oxygen atoms in total. The van der Waals surface area contributed by atoms with Crippen molar-refractivity contribution in [2.75, 3.05) is 32.8 Å². The fourth-order valence-corrected chi connectivity index (χ4v) is 3.30. The molecule has 1 atom stereocenters. The molecule has 2 aliphatic rings. The number of guanidine groups is 1. The molecule has 1 aromatic rings. The molecule has 23 heavy (non-hydrogen) atoms. The zero-order chi connectivity index (χ0) is 16.3. The normalized spacial score (nSPS) is 25.0. The summed E-state index contributed by atoms with van der Waals surface area (Å²) in [5.74, 6) is 1.04. The van der Waals surface area contributed by atoms with Crippen molar-refractivity contribution < 1.29 is 13.5 Å². The maximum Gasteiger partial charge on any atom is 0.319 e. The van der Waals surface area contributed by atoms with Crippen LogP contribution in [0, 0.1) is 5.41 Å². The van der Waals surface area contributed by atoms with Gasteiger partial charge in [0, 0.05) is 44.0 Å². The molecule has 0 radical (unpaired) electrons. The van der Waals surface area contributed by atoms with Gasteiger partial charge in [-0.1, -0.05) is 0 Å². The predicted octanol–water partition coefficient (Wildman–Crippen LogP) is 1.86. The number of nitrogens with zero attached hydrogens (tertiary/aromatic N) is 4. The quantitative estimate of drug-likeness (QED) is 0.677. The van der Waals surface area contributed by atoms with E-state index in [1.807, 2.05) is 6.92 Å². The van der Waals surface area contributed by atoms with Crippen LogP contribution in [0.1, 0.15) is 32.1 Å². The lowest BCUT2D eigenvalue weighted by atomic mass is 9.87. The highest BCUT2D eigenvalue weighted by molar-refractivity contribution is 5.80. The molecule has 128 valence electrons. The van der Waals surface area contributed by atoms with Crippen LogP contribution in [0.25, 0.3) is 0 Å². The third-order valence-corrected chi connectivity index (χ3v) is 4.59. The van der Waals surface area contributed by atoms with Gasteiger partial charge in [-0.05, 0) is 19.8 Å². The van der Waals surface area contributed by atoms with E-state index in [2.05, 4.69) is 20.2 Å². The van der Waals surface area contributed by atoms with Gasteiger partial charge in [0.25, 0.3) is 0 Å². The Morgan fingerprint density at radius 1 is 1.52 bits per heavy atom. The van der Waals surface area contributed by atoms with E-state index in [-0.39, 0.29) is 17.8 Å². The number of imidazole rings is 1. The number of nitrogens with one attached hydrogen (secondary N) is 1. The minimum absolute atomic E-state index is 0.139. The predicted molar refractivity (Wildman–Crippen MR) is 82.4 cm³/mol. The Hall–Kier alpha value is -1.70. The summed E-state index contributed by atoms with van der Waals surface area (Å²) in [7, 11) is 0. The molecule has 2 saturated heterocycles. The zero-order valence-electron chi connectivity index (χ0n) is 13.3. The van der Waals surface area contributed by atoms with Crippen molar-refractivity contribution in [3.05, 3.63) is 18.2 Å². The summed E-state index contributed by atoms with van der Waals surface area (Å²) in [5.41, 5.74) is 0.234. The fraction of sp³-hybridized carbons (Fsp3) is 0.733. The largest absolute Gasteiger partial charge is 0.381 e. The van der Waals surface area contributed by atoms with Crippen LogP contribution in [0.15, 0.2) is 17.4 Å². The first-order valence-corrected chi connectivity index (χ1v) is 8.04. The van der Waals surface area contributed by atoms with Gasteiger partial charge in [-0.25, -0.2) is 9.98 Å². The van der Waals surface area contributed by atoms with Gasteiger partial charge in [0.05, 0.1) is 6.61 Å². The van der Waals surface area contributed by atoms with Gasteiger partial charge < -0.3 is 15.0 Å². The lowest BCUT2D eigenvalue weighted by Gasteiger charge is -2.24. The summed E-state index contributed by atoms with van der Waals surface area (Å²) in [4.78, 5) is 10.7. The first-order chi connectivity index (χ1) is 11.1. The number of hydrogen-bond acceptors (Lipinski definition) is 3. The van der Waals surface area contributed by atoms with Gasteiger partial charge in [0.1, 0.15) is 12.4 Å². The maximum absolute atomic E-state index is 12.9. The standard InChI is InChI=1S/C15H23F2N5O/c1-2-18-14(20-9-12-19-5-7-22(12)13(16)17)21-6-3-15(10-21)4-8-23-11-15/h5,7,13H,2-4,6,8-11H2,1H3,(H,18,20). The highest BCUT2D eigenvalue weighted by Gasteiger charge is 2.42. The van der Waals surface area contributed by atoms with E-state index in [9.17, 15) is 8.78 Å². The van der Waals surface area contributed by atoms with Crippen molar-refractivity contribution in [2.45, 2.75) is 32.9 Å². The number of halogens is 2. The monoisotopic (exact) mass is 327 g/mol. The van der Waals surface area contributed by atoms with Crippen LogP contribution >= 0.6 is 0 Å². The summed E-state index contributed by atoms with van der Waals surface area (Å²) in [6.07, 6.45) is 4.83. The molecule has 0 aliphatic carbocycles. The topological polar surface area (TPSA) is 54.7 Å². The van der Waals surface area contributed by atoms with Gasteiger partial charge in [-0.15, -0.1) is 0 Å². The molecule has 0 saturated carbocycles. The number of hydrogen-bond donors (Lipinski definition) is 1. The second-order valence-electron chi connectivity index (χ2n) is 6.17. The number of aliphatic imine (C=N–C) groups is 1. The minimum atomic E-state index is -2.59. The number of rotatable bonds is 4. The molecular formula is C15H23F2N5O. The van der Waals surface area contributed by atoms with Crippen molar-refractivity contribution in [3.63, 3.8) is 0 Å². The summed E-state index contributed by atoms with van der Waals surface area (Å²) in [6, 6.07) is 0. The highest BCUT2D eigenvalue weighted by Crippen LogP contribution is 2.38. The van der Waals surface area contributed by atoms with Crippen LogP contribution in [-0.2, 0) is 11.3 Å². The number of likely N-dealkylation sites (tertiary alicyclic amines) is 1. The van der Waals surface area contributed by atoms with Crippen molar-refractivity contribution in [2.24, 2.45) is 10.4 Å². The molecule has 0 aromatic carbocycles. The van der Waals surface area contributed by atoms with Gasteiger partial charge in [-0.2, -0.15) is 8.78 Å². The lowest BCUT2D eigenvalue weighted by molar-refractivity contribution is 0.0671. The Morgan fingerprint density at radius 2 is 2.39 bits per heavy atom. The Balaban J connectivity index is 1.70. The summed E-state index contributed by atoms with van der Waals surface area (Å²) < 4.78 is 32.1. The van der Waals surface area contributed by atoms with Crippen molar-refractivity contribution in [1.82, 2.24) is 19.8 Å². The lowest BCUT2D eigenvalue weighted by Crippen LogP contribution is -2.41. The summed E-state index contributed by atoms with van der Waals surface area (Å²) >= 11 is 0. The van der Waals surface area contributed by atoms with E-state index in [1.54, 1.807) is 0 Å². The molecule has 0 amide bonds. The first-order valence-electron chi connectivity index (χ1n) is 8.04. The van der Waals surface area contributed by atoms with E-state index >= 15 is 0 Å². The van der Waals surface area contributed by atoms with Crippen LogP contribution in [0.5, 0.6) is 0 Å². The molecule has 1 unspecified atom stereocenters. The van der Waals surface area contributed by atoms with E-state index in [0.717, 1.165) is 56.2 Å². The fourth-order valence-electron chi connectivity index (χ4n) is 3.30. The molecule has 0 bridgehead atoms. The van der Waals surface area contributed by atoms with Crippen molar-refractivity contribution in [3.8, 4) is 0 Å². The SMILES string of the molecule is CCNC(=NCc1nccn1C(F)F)N1CCC2(CCOC2)C1. The van der Waals surface area contributed by atoms with E-state index in [0.29, 0.717) is 0 Å². The smallest absolute Gasteiger partial charge is 0.319 e. The maximum atomic E-state index is 12.9. The third-order valence-electron chi connectivity index (χ3n) is 4.59. The second-order valence-corrected chi connectivity index (χ2v) is 6.17. The van der Waals surface area contributed by atoms with Crippen molar-refractivity contribution in [1.29, 1.82) is 0 Å². The highest BCUT2D eigenvalue weighted by atomic mass is 19.3. The molecular weight excluding hydrogens is 304 g/mol. The van der Waals surface area contributed by atoms with Gasteiger partial charge in [0.2, 0.25) is 0 Å². The molecule has 1 N–H and O–H groups in total. The minimum Gasteiger partial charge on any atom is -0.381 e. The molecule has 3 heterocycles. The summed E-state index contributed by atoms with van der Waals surface area (Å²) in [5, 5.41) is 3.25. The van der Waals surface area contributed by atoms with E-state index < -0.39 is 6.55 Å². The average molecular weight is 327 g/mol. The Kier molecular flexibility index (Phi) is 4.79.